The normalized spacial score (nSPS) is 16.1. The van der Waals surface area contributed by atoms with Crippen LogP contribution in [0.25, 0.3) is 0 Å². The monoisotopic (exact) mass is 176 g/mol. The Balaban J connectivity index is 2.17. The van der Waals surface area contributed by atoms with Crippen LogP contribution in [0.15, 0.2) is 0 Å². The molecule has 0 aromatic carbocycles. The summed E-state index contributed by atoms with van der Waals surface area (Å²) in [7, 11) is 0. The minimum Gasteiger partial charge on any atom is -0.449 e. The summed E-state index contributed by atoms with van der Waals surface area (Å²) in [5.74, 6) is -0.408. The predicted molar refractivity (Wildman–Crippen MR) is 39.2 cm³/mol. The Morgan fingerprint density at radius 1 is 1.45 bits per heavy atom. The van der Waals surface area contributed by atoms with Crippen LogP contribution >= 0.6 is 11.6 Å². The lowest BCUT2D eigenvalue weighted by molar-refractivity contribution is -0.144. The van der Waals surface area contributed by atoms with Crippen molar-refractivity contribution < 1.29 is 14.3 Å². The molecule has 1 fully saturated rings. The standard InChI is InChI=1S/C7H9ClO3/c8-4-11-7(10)3-6(9)5-1-2-5/h5H,1-4H2. The summed E-state index contributed by atoms with van der Waals surface area (Å²) in [5, 5.41) is 0. The number of ketones is 1. The van der Waals surface area contributed by atoms with E-state index in [0.717, 1.165) is 12.8 Å². The van der Waals surface area contributed by atoms with E-state index < -0.39 is 5.97 Å². The second kappa shape index (κ2) is 3.72. The zero-order valence-electron chi connectivity index (χ0n) is 6.01. The number of Topliss-reactive ketones (excluding diaryl/α,β-unsaturated/α-hetero) is 1. The van der Waals surface area contributed by atoms with Crippen molar-refractivity contribution in [2.45, 2.75) is 19.3 Å². The molecule has 0 aromatic rings. The number of halogens is 1. The van der Waals surface area contributed by atoms with Gasteiger partial charge in [0.25, 0.3) is 0 Å². The number of hydrogen-bond donors (Lipinski definition) is 0. The molecule has 0 heterocycles. The van der Waals surface area contributed by atoms with Gasteiger partial charge in [-0.15, -0.1) is 0 Å². The van der Waals surface area contributed by atoms with Gasteiger partial charge in [0, 0.05) is 5.92 Å². The van der Waals surface area contributed by atoms with Crippen molar-refractivity contribution in [1.29, 1.82) is 0 Å². The Hall–Kier alpha value is -0.570. The first-order chi connectivity index (χ1) is 5.24. The number of ether oxygens (including phenoxy) is 1. The molecule has 0 spiro atoms. The molecule has 0 N–H and O–H groups in total. The number of alkyl halides is 1. The summed E-state index contributed by atoms with van der Waals surface area (Å²) in [6.45, 7) is 0. The van der Waals surface area contributed by atoms with Gasteiger partial charge < -0.3 is 4.74 Å². The first-order valence-corrected chi connectivity index (χ1v) is 4.02. The van der Waals surface area contributed by atoms with Gasteiger partial charge in [-0.3, -0.25) is 9.59 Å². The van der Waals surface area contributed by atoms with Gasteiger partial charge in [0.2, 0.25) is 0 Å². The van der Waals surface area contributed by atoms with Crippen LogP contribution < -0.4 is 0 Å². The van der Waals surface area contributed by atoms with E-state index in [1.807, 2.05) is 0 Å². The average Bonchev–Trinajstić information content (AvgIpc) is 2.67. The maximum atomic E-state index is 10.9. The van der Waals surface area contributed by atoms with E-state index in [1.54, 1.807) is 0 Å². The van der Waals surface area contributed by atoms with Gasteiger partial charge in [0.1, 0.15) is 12.2 Å². The van der Waals surface area contributed by atoms with Crippen LogP contribution in [0, 0.1) is 5.92 Å². The van der Waals surface area contributed by atoms with Gasteiger partial charge in [0.15, 0.2) is 6.07 Å². The molecule has 0 aromatic heterocycles. The van der Waals surface area contributed by atoms with Crippen LogP contribution in [0.5, 0.6) is 0 Å². The summed E-state index contributed by atoms with van der Waals surface area (Å²) < 4.78 is 4.40. The highest BCUT2D eigenvalue weighted by Crippen LogP contribution is 2.30. The van der Waals surface area contributed by atoms with Gasteiger partial charge >= 0.3 is 5.97 Å². The van der Waals surface area contributed by atoms with Crippen LogP contribution in [0.4, 0.5) is 0 Å². The maximum absolute atomic E-state index is 10.9. The van der Waals surface area contributed by atoms with E-state index in [4.69, 9.17) is 11.6 Å². The highest BCUT2D eigenvalue weighted by atomic mass is 35.5. The highest BCUT2D eigenvalue weighted by molar-refractivity contribution is 6.17. The zero-order valence-corrected chi connectivity index (χ0v) is 6.76. The average molecular weight is 177 g/mol. The van der Waals surface area contributed by atoms with Crippen LogP contribution in [0.1, 0.15) is 19.3 Å². The fourth-order valence-electron chi connectivity index (χ4n) is 0.804. The van der Waals surface area contributed by atoms with E-state index in [-0.39, 0.29) is 24.2 Å². The molecular formula is C7H9ClO3. The lowest BCUT2D eigenvalue weighted by atomic mass is 10.2. The maximum Gasteiger partial charge on any atom is 0.314 e. The predicted octanol–water partition coefficient (Wildman–Crippen LogP) is 1.10. The molecule has 3 nitrogen and oxygen atoms in total. The van der Waals surface area contributed by atoms with Crippen molar-refractivity contribution in [1.82, 2.24) is 0 Å². The molecule has 0 bridgehead atoms. The second-order valence-electron chi connectivity index (χ2n) is 2.54. The fourth-order valence-corrected chi connectivity index (χ4v) is 0.925. The van der Waals surface area contributed by atoms with Gasteiger partial charge in [-0.05, 0) is 12.8 Å². The smallest absolute Gasteiger partial charge is 0.314 e. The Morgan fingerprint density at radius 3 is 2.55 bits per heavy atom. The third kappa shape index (κ3) is 2.89. The SMILES string of the molecule is O=C(CC(=O)C1CC1)OCCl. The van der Waals surface area contributed by atoms with Crippen molar-refractivity contribution in [2.75, 3.05) is 6.07 Å². The molecule has 62 valence electrons. The van der Waals surface area contributed by atoms with Crippen molar-refractivity contribution in [2.24, 2.45) is 5.92 Å². The molecule has 0 radical (unpaired) electrons. The molecule has 0 unspecified atom stereocenters. The summed E-state index contributed by atoms with van der Waals surface area (Å²) in [6, 6.07) is -0.170. The number of carbonyl (C=O) groups is 2. The summed E-state index contributed by atoms with van der Waals surface area (Å²) >= 11 is 5.12. The molecular weight excluding hydrogens is 168 g/mol. The first-order valence-electron chi connectivity index (χ1n) is 3.48. The number of esters is 1. The van der Waals surface area contributed by atoms with E-state index in [2.05, 4.69) is 4.74 Å². The van der Waals surface area contributed by atoms with Gasteiger partial charge in [0.05, 0.1) is 0 Å². The molecule has 4 heteroatoms. The van der Waals surface area contributed by atoms with Crippen LogP contribution in [0.3, 0.4) is 0 Å². The molecule has 1 rings (SSSR count). The van der Waals surface area contributed by atoms with Crippen molar-refractivity contribution in [3.8, 4) is 0 Å². The van der Waals surface area contributed by atoms with Crippen LogP contribution in [-0.2, 0) is 14.3 Å². The van der Waals surface area contributed by atoms with Crippen molar-refractivity contribution in [3.63, 3.8) is 0 Å². The summed E-state index contributed by atoms with van der Waals surface area (Å²) in [5.41, 5.74) is 0. The fraction of sp³-hybridized carbons (Fsp3) is 0.714. The van der Waals surface area contributed by atoms with Crippen LogP contribution in [-0.4, -0.2) is 17.8 Å². The molecule has 11 heavy (non-hydrogen) atoms. The van der Waals surface area contributed by atoms with Gasteiger partial charge in [-0.1, -0.05) is 11.6 Å². The third-order valence-corrected chi connectivity index (χ3v) is 1.68. The molecule has 0 amide bonds. The zero-order chi connectivity index (χ0) is 8.27. The number of hydrogen-bond acceptors (Lipinski definition) is 3. The second-order valence-corrected chi connectivity index (χ2v) is 2.76. The van der Waals surface area contributed by atoms with Crippen LogP contribution in [0.2, 0.25) is 0 Å². The minimum atomic E-state index is -0.517. The van der Waals surface area contributed by atoms with E-state index >= 15 is 0 Å². The lowest BCUT2D eigenvalue weighted by Crippen LogP contribution is -2.11. The van der Waals surface area contributed by atoms with Gasteiger partial charge in [-0.25, -0.2) is 0 Å². The summed E-state index contributed by atoms with van der Waals surface area (Å²) in [6.07, 6.45) is 1.73. The Morgan fingerprint density at radius 2 is 2.09 bits per heavy atom. The van der Waals surface area contributed by atoms with E-state index in [9.17, 15) is 9.59 Å². The molecule has 0 atom stereocenters. The molecule has 1 saturated carbocycles. The Labute approximate surface area is 69.7 Å². The number of rotatable bonds is 4. The molecule has 0 aliphatic heterocycles. The topological polar surface area (TPSA) is 43.4 Å². The van der Waals surface area contributed by atoms with Crippen molar-refractivity contribution >= 4 is 23.4 Å². The highest BCUT2D eigenvalue weighted by Gasteiger charge is 2.30. The molecule has 1 aliphatic carbocycles. The first kappa shape index (κ1) is 8.53. The van der Waals surface area contributed by atoms with Crippen molar-refractivity contribution in [3.05, 3.63) is 0 Å². The van der Waals surface area contributed by atoms with E-state index in [1.165, 1.54) is 0 Å². The Kier molecular flexibility index (Phi) is 2.88. The quantitative estimate of drug-likeness (QED) is 0.366. The Bertz CT molecular complexity index is 175. The van der Waals surface area contributed by atoms with Gasteiger partial charge in [-0.2, -0.15) is 0 Å². The van der Waals surface area contributed by atoms with E-state index in [0.29, 0.717) is 0 Å². The molecule has 1 aliphatic rings. The summed E-state index contributed by atoms with van der Waals surface area (Å²) in [4.78, 5) is 21.6. The lowest BCUT2D eigenvalue weighted by Gasteiger charge is -1.97. The molecule has 0 saturated heterocycles. The number of carbonyl (C=O) groups excluding carboxylic acids is 2. The third-order valence-electron chi connectivity index (χ3n) is 1.57. The minimum absolute atomic E-state index is 0.0138. The largest absolute Gasteiger partial charge is 0.449 e.